The summed E-state index contributed by atoms with van der Waals surface area (Å²) in [4.78, 5) is 23.9. The average Bonchev–Trinajstić information content (AvgIpc) is 3.00. The van der Waals surface area contributed by atoms with Gasteiger partial charge in [-0.25, -0.2) is 9.97 Å². The van der Waals surface area contributed by atoms with Gasteiger partial charge in [0.15, 0.2) is 11.5 Å². The smallest absolute Gasteiger partial charge is 0.254 e. The average molecular weight is 355 g/mol. The second kappa shape index (κ2) is 6.48. The molecule has 2 aromatic rings. The summed E-state index contributed by atoms with van der Waals surface area (Å²) in [5, 5.41) is 0. The van der Waals surface area contributed by atoms with Crippen molar-refractivity contribution >= 4 is 5.91 Å². The van der Waals surface area contributed by atoms with E-state index < -0.39 is 0 Å². The molecule has 136 valence electrons. The molecule has 0 spiro atoms. The minimum Gasteiger partial charge on any atom is -0.493 e. The quantitative estimate of drug-likeness (QED) is 0.838. The summed E-state index contributed by atoms with van der Waals surface area (Å²) in [7, 11) is 4.64. The van der Waals surface area contributed by atoms with Crippen LogP contribution in [-0.4, -0.2) is 48.1 Å². The molecule has 2 atom stereocenters. The molecule has 2 unspecified atom stereocenters. The molecule has 0 N–H and O–H groups in total. The van der Waals surface area contributed by atoms with Crippen molar-refractivity contribution in [2.75, 3.05) is 21.3 Å². The minimum atomic E-state index is -0.0359. The number of carbonyl (C=O) groups is 1. The van der Waals surface area contributed by atoms with Crippen LogP contribution in [0, 0.1) is 0 Å². The Morgan fingerprint density at radius 2 is 1.85 bits per heavy atom. The monoisotopic (exact) mass is 355 g/mol. The standard InChI is InChI=1S/C19H21N3O4/c1-24-16-6-11(7-17(25-2)18(16)26-3)19(23)22-12-4-5-15(22)13-9-20-10-21-14(13)8-12/h6-7,9-10,12,15H,4-5,8H2,1-3H3. The fraction of sp³-hybridized carbons (Fsp3) is 0.421. The Hall–Kier alpha value is -2.83. The van der Waals surface area contributed by atoms with Crippen molar-refractivity contribution in [1.82, 2.24) is 14.9 Å². The fourth-order valence-corrected chi connectivity index (χ4v) is 4.09. The van der Waals surface area contributed by atoms with Gasteiger partial charge < -0.3 is 19.1 Å². The van der Waals surface area contributed by atoms with Crippen molar-refractivity contribution in [2.45, 2.75) is 31.3 Å². The third-order valence-corrected chi connectivity index (χ3v) is 5.26. The van der Waals surface area contributed by atoms with Crippen LogP contribution in [0.3, 0.4) is 0 Å². The highest BCUT2D eigenvalue weighted by atomic mass is 16.5. The van der Waals surface area contributed by atoms with Crippen LogP contribution in [0.1, 0.15) is 40.5 Å². The van der Waals surface area contributed by atoms with E-state index in [2.05, 4.69) is 9.97 Å². The van der Waals surface area contributed by atoms with Crippen LogP contribution in [-0.2, 0) is 6.42 Å². The van der Waals surface area contributed by atoms with E-state index in [1.807, 2.05) is 11.1 Å². The van der Waals surface area contributed by atoms with E-state index in [1.54, 1.807) is 39.8 Å². The zero-order valence-electron chi connectivity index (χ0n) is 15.1. The van der Waals surface area contributed by atoms with Crippen LogP contribution in [0.5, 0.6) is 17.2 Å². The van der Waals surface area contributed by atoms with Gasteiger partial charge in [-0.2, -0.15) is 0 Å². The van der Waals surface area contributed by atoms with Crippen molar-refractivity contribution in [2.24, 2.45) is 0 Å². The van der Waals surface area contributed by atoms with Gasteiger partial charge in [-0.3, -0.25) is 4.79 Å². The first kappa shape index (κ1) is 16.6. The van der Waals surface area contributed by atoms with Crippen molar-refractivity contribution in [3.63, 3.8) is 0 Å². The predicted molar refractivity (Wildman–Crippen MR) is 93.8 cm³/mol. The van der Waals surface area contributed by atoms with Gasteiger partial charge in [0.25, 0.3) is 5.91 Å². The maximum absolute atomic E-state index is 13.3. The molecule has 4 rings (SSSR count). The summed E-state index contributed by atoms with van der Waals surface area (Å²) in [6.07, 6.45) is 6.09. The second-order valence-corrected chi connectivity index (χ2v) is 6.50. The molecule has 1 aromatic heterocycles. The molecule has 7 heteroatoms. The highest BCUT2D eigenvalue weighted by molar-refractivity contribution is 5.96. The molecule has 1 saturated heterocycles. The van der Waals surface area contributed by atoms with Crippen LogP contribution in [0.25, 0.3) is 0 Å². The lowest BCUT2D eigenvalue weighted by atomic mass is 9.98. The van der Waals surface area contributed by atoms with E-state index in [1.165, 1.54) is 0 Å². The van der Waals surface area contributed by atoms with Crippen molar-refractivity contribution in [3.05, 3.63) is 41.5 Å². The van der Waals surface area contributed by atoms with Crippen LogP contribution >= 0.6 is 0 Å². The second-order valence-electron chi connectivity index (χ2n) is 6.50. The number of amides is 1. The summed E-state index contributed by atoms with van der Waals surface area (Å²) in [6.45, 7) is 0. The molecule has 7 nitrogen and oxygen atoms in total. The topological polar surface area (TPSA) is 73.8 Å². The Balaban J connectivity index is 1.73. The van der Waals surface area contributed by atoms with E-state index in [4.69, 9.17) is 14.2 Å². The number of benzene rings is 1. The number of nitrogens with zero attached hydrogens (tertiary/aromatic N) is 3. The maximum atomic E-state index is 13.3. The highest BCUT2D eigenvalue weighted by Crippen LogP contribution is 2.45. The summed E-state index contributed by atoms with van der Waals surface area (Å²) in [5.41, 5.74) is 2.64. The number of fused-ring (bicyclic) bond motifs is 4. The number of rotatable bonds is 4. The molecule has 0 saturated carbocycles. The Labute approximate surface area is 151 Å². The molecule has 2 bridgehead atoms. The Bertz CT molecular complexity index is 829. The molecule has 3 heterocycles. The van der Waals surface area contributed by atoms with E-state index in [0.29, 0.717) is 22.8 Å². The van der Waals surface area contributed by atoms with Crippen LogP contribution < -0.4 is 14.2 Å². The Morgan fingerprint density at radius 1 is 1.12 bits per heavy atom. The summed E-state index contributed by atoms with van der Waals surface area (Å²) in [6, 6.07) is 3.60. The van der Waals surface area contributed by atoms with Gasteiger partial charge in [0.2, 0.25) is 5.75 Å². The first-order valence-electron chi connectivity index (χ1n) is 8.59. The van der Waals surface area contributed by atoms with Crippen LogP contribution in [0.15, 0.2) is 24.7 Å². The van der Waals surface area contributed by atoms with E-state index in [0.717, 1.165) is 30.5 Å². The Morgan fingerprint density at radius 3 is 2.50 bits per heavy atom. The molecule has 0 aliphatic carbocycles. The first-order chi connectivity index (χ1) is 12.7. The van der Waals surface area contributed by atoms with Gasteiger partial charge in [0, 0.05) is 29.8 Å². The zero-order valence-corrected chi connectivity index (χ0v) is 15.1. The van der Waals surface area contributed by atoms with E-state index in [9.17, 15) is 4.79 Å². The number of ether oxygens (including phenoxy) is 3. The molecule has 2 aliphatic heterocycles. The molecule has 26 heavy (non-hydrogen) atoms. The third-order valence-electron chi connectivity index (χ3n) is 5.26. The maximum Gasteiger partial charge on any atom is 0.254 e. The SMILES string of the molecule is COc1cc(C(=O)N2C3CCC2c2cncnc2C3)cc(OC)c1OC. The molecule has 1 amide bonds. The largest absolute Gasteiger partial charge is 0.493 e. The van der Waals surface area contributed by atoms with Crippen LogP contribution in [0.4, 0.5) is 0 Å². The lowest BCUT2D eigenvalue weighted by Gasteiger charge is -2.35. The predicted octanol–water partition coefficient (Wildman–Crippen LogP) is 2.40. The van der Waals surface area contributed by atoms with Gasteiger partial charge in [0.05, 0.1) is 33.1 Å². The first-order valence-corrected chi connectivity index (χ1v) is 8.59. The molecular weight excluding hydrogens is 334 g/mol. The van der Waals surface area contributed by atoms with Crippen molar-refractivity contribution in [1.29, 1.82) is 0 Å². The Kier molecular flexibility index (Phi) is 4.14. The van der Waals surface area contributed by atoms with Gasteiger partial charge in [0.1, 0.15) is 6.33 Å². The van der Waals surface area contributed by atoms with Gasteiger partial charge in [-0.1, -0.05) is 0 Å². The van der Waals surface area contributed by atoms with Gasteiger partial charge in [-0.05, 0) is 25.0 Å². The van der Waals surface area contributed by atoms with E-state index in [-0.39, 0.29) is 18.0 Å². The number of methoxy groups -OCH3 is 3. The zero-order chi connectivity index (χ0) is 18.3. The minimum absolute atomic E-state index is 0.0246. The number of hydrogen-bond donors (Lipinski definition) is 0. The van der Waals surface area contributed by atoms with Crippen LogP contribution in [0.2, 0.25) is 0 Å². The lowest BCUT2D eigenvalue weighted by molar-refractivity contribution is 0.0643. The fourth-order valence-electron chi connectivity index (χ4n) is 4.09. The van der Waals surface area contributed by atoms with Crippen molar-refractivity contribution < 1.29 is 19.0 Å². The summed E-state index contributed by atoms with van der Waals surface area (Å²) in [5.74, 6) is 1.39. The highest BCUT2D eigenvalue weighted by Gasteiger charge is 2.43. The number of carbonyl (C=O) groups excluding carboxylic acids is 1. The van der Waals surface area contributed by atoms with Gasteiger partial charge >= 0.3 is 0 Å². The van der Waals surface area contributed by atoms with Gasteiger partial charge in [-0.15, -0.1) is 0 Å². The number of aromatic nitrogens is 2. The molecule has 0 radical (unpaired) electrons. The summed E-state index contributed by atoms with van der Waals surface area (Å²) < 4.78 is 16.1. The lowest BCUT2D eigenvalue weighted by Crippen LogP contribution is -2.42. The molecule has 1 aromatic carbocycles. The third kappa shape index (κ3) is 2.46. The normalized spacial score (nSPS) is 20.5. The van der Waals surface area contributed by atoms with Crippen molar-refractivity contribution in [3.8, 4) is 17.2 Å². The number of hydrogen-bond acceptors (Lipinski definition) is 6. The molecule has 1 fully saturated rings. The molecule has 2 aliphatic rings. The molecular formula is C19H21N3O4. The summed E-state index contributed by atoms with van der Waals surface area (Å²) >= 11 is 0. The van der Waals surface area contributed by atoms with E-state index >= 15 is 0 Å².